The van der Waals surface area contributed by atoms with Crippen LogP contribution in [0.4, 0.5) is 8.78 Å². The predicted molar refractivity (Wildman–Crippen MR) is 99.0 cm³/mol. The van der Waals surface area contributed by atoms with Gasteiger partial charge in [0.1, 0.15) is 28.8 Å². The summed E-state index contributed by atoms with van der Waals surface area (Å²) in [4.78, 5) is 21.4. The monoisotopic (exact) mass is 430 g/mol. The van der Waals surface area contributed by atoms with Crippen molar-refractivity contribution in [2.75, 3.05) is 0 Å². The normalized spacial score (nSPS) is 11.3. The van der Waals surface area contributed by atoms with Crippen LogP contribution < -0.4 is 0 Å². The molecule has 0 saturated heterocycles. The summed E-state index contributed by atoms with van der Waals surface area (Å²) >= 11 is 3.20. The number of pyridine rings is 2. The Bertz CT molecular complexity index is 1170. The molecule has 0 fully saturated rings. The molecule has 0 saturated carbocycles. The van der Waals surface area contributed by atoms with Gasteiger partial charge in [0.2, 0.25) is 0 Å². The molecule has 4 rings (SSSR count). The zero-order chi connectivity index (χ0) is 19.1. The Morgan fingerprint density at radius 3 is 2.59 bits per heavy atom. The number of nitrogens with zero attached hydrogens (tertiary/aromatic N) is 6. The fourth-order valence-corrected chi connectivity index (χ4v) is 3.19. The van der Waals surface area contributed by atoms with E-state index >= 15 is 0 Å². The Morgan fingerprint density at radius 1 is 1.04 bits per heavy atom. The van der Waals surface area contributed by atoms with Gasteiger partial charge >= 0.3 is 0 Å². The van der Waals surface area contributed by atoms with Gasteiger partial charge in [-0.2, -0.15) is 0 Å². The number of aryl methyl sites for hydroxylation is 2. The van der Waals surface area contributed by atoms with E-state index in [1.165, 1.54) is 24.5 Å². The van der Waals surface area contributed by atoms with Crippen LogP contribution in [0.25, 0.3) is 22.6 Å². The second kappa shape index (κ2) is 6.73. The maximum absolute atomic E-state index is 14.4. The average molecular weight is 431 g/mol. The van der Waals surface area contributed by atoms with Crippen molar-refractivity contribution in [2.45, 2.75) is 20.4 Å². The third-order valence-corrected chi connectivity index (χ3v) is 4.47. The van der Waals surface area contributed by atoms with Crippen molar-refractivity contribution in [3.63, 3.8) is 0 Å². The molecule has 0 atom stereocenters. The Hall–Kier alpha value is -2.81. The van der Waals surface area contributed by atoms with Gasteiger partial charge in [0, 0.05) is 22.4 Å². The zero-order valence-electron chi connectivity index (χ0n) is 14.4. The largest absolute Gasteiger partial charge is 0.302 e. The van der Waals surface area contributed by atoms with E-state index in [1.54, 1.807) is 11.5 Å². The van der Waals surface area contributed by atoms with Gasteiger partial charge in [-0.3, -0.25) is 9.97 Å². The molecule has 0 aliphatic rings. The van der Waals surface area contributed by atoms with E-state index in [0.717, 1.165) is 6.20 Å². The van der Waals surface area contributed by atoms with E-state index in [2.05, 4.69) is 40.8 Å². The summed E-state index contributed by atoms with van der Waals surface area (Å²) < 4.78 is 30.3. The van der Waals surface area contributed by atoms with Crippen molar-refractivity contribution >= 4 is 27.1 Å². The van der Waals surface area contributed by atoms with Gasteiger partial charge in [-0.15, -0.1) is 0 Å². The van der Waals surface area contributed by atoms with Crippen molar-refractivity contribution in [1.82, 2.24) is 29.5 Å². The molecule has 0 aliphatic heterocycles. The maximum atomic E-state index is 14.4. The average Bonchev–Trinajstić information content (AvgIpc) is 2.96. The van der Waals surface area contributed by atoms with E-state index in [-0.39, 0.29) is 12.2 Å². The SMILES string of the molecule is Cc1nc(C)c2nc(-c3cncc(F)c3)n(Cc3ncc(Br)cc3F)c2n1. The highest BCUT2D eigenvalue weighted by atomic mass is 79.9. The molecule has 0 radical (unpaired) electrons. The lowest BCUT2D eigenvalue weighted by molar-refractivity contribution is 0.587. The fraction of sp³-hybridized carbons (Fsp3) is 0.167. The van der Waals surface area contributed by atoms with Crippen molar-refractivity contribution in [2.24, 2.45) is 0 Å². The van der Waals surface area contributed by atoms with Gasteiger partial charge in [0.15, 0.2) is 5.65 Å². The summed E-state index contributed by atoms with van der Waals surface area (Å²) in [5.74, 6) is 0.0357. The second-order valence-electron chi connectivity index (χ2n) is 6.02. The summed E-state index contributed by atoms with van der Waals surface area (Å²) in [6.45, 7) is 3.67. The Balaban J connectivity index is 1.97. The molecule has 0 amide bonds. The smallest absolute Gasteiger partial charge is 0.164 e. The predicted octanol–water partition coefficient (Wildman–Crippen LogP) is 3.99. The van der Waals surface area contributed by atoms with Crippen LogP contribution in [0, 0.1) is 25.5 Å². The van der Waals surface area contributed by atoms with Crippen LogP contribution in [0.2, 0.25) is 0 Å². The second-order valence-corrected chi connectivity index (χ2v) is 6.94. The number of rotatable bonds is 3. The Kier molecular flexibility index (Phi) is 4.39. The van der Waals surface area contributed by atoms with Crippen LogP contribution in [0.15, 0.2) is 35.2 Å². The van der Waals surface area contributed by atoms with Crippen LogP contribution in [-0.2, 0) is 6.54 Å². The highest BCUT2D eigenvalue weighted by Crippen LogP contribution is 2.26. The molecule has 27 heavy (non-hydrogen) atoms. The van der Waals surface area contributed by atoms with E-state index < -0.39 is 11.6 Å². The molecule has 0 aliphatic carbocycles. The summed E-state index contributed by atoms with van der Waals surface area (Å²) in [6.07, 6.45) is 4.13. The van der Waals surface area contributed by atoms with Gasteiger partial charge in [-0.1, -0.05) is 0 Å². The van der Waals surface area contributed by atoms with Crippen molar-refractivity contribution < 1.29 is 8.78 Å². The number of fused-ring (bicyclic) bond motifs is 1. The van der Waals surface area contributed by atoms with E-state index in [4.69, 9.17) is 0 Å². The lowest BCUT2D eigenvalue weighted by atomic mass is 10.2. The topological polar surface area (TPSA) is 69.4 Å². The van der Waals surface area contributed by atoms with Gasteiger partial charge in [0.05, 0.1) is 24.1 Å². The van der Waals surface area contributed by atoms with Gasteiger partial charge < -0.3 is 4.57 Å². The zero-order valence-corrected chi connectivity index (χ0v) is 16.0. The van der Waals surface area contributed by atoms with Crippen LogP contribution in [0.5, 0.6) is 0 Å². The van der Waals surface area contributed by atoms with Gasteiger partial charge in [0.25, 0.3) is 0 Å². The van der Waals surface area contributed by atoms with E-state index in [9.17, 15) is 8.78 Å². The highest BCUT2D eigenvalue weighted by Gasteiger charge is 2.19. The summed E-state index contributed by atoms with van der Waals surface area (Å²) in [6, 6.07) is 2.67. The molecule has 0 N–H and O–H groups in total. The molecule has 4 aromatic heterocycles. The number of halogens is 3. The number of hydrogen-bond acceptors (Lipinski definition) is 5. The Labute approximate surface area is 161 Å². The summed E-state index contributed by atoms with van der Waals surface area (Å²) in [5, 5.41) is 0. The van der Waals surface area contributed by atoms with Crippen LogP contribution in [-0.4, -0.2) is 29.5 Å². The van der Waals surface area contributed by atoms with Crippen LogP contribution >= 0.6 is 15.9 Å². The third-order valence-electron chi connectivity index (χ3n) is 4.04. The molecule has 0 bridgehead atoms. The first-order valence-electron chi connectivity index (χ1n) is 8.04. The standard InChI is InChI=1S/C18H13BrF2N6/c1-9-16-18(25-10(2)24-9)27(8-15-14(21)4-12(19)6-23-15)17(26-16)11-3-13(20)7-22-5-11/h3-7H,8H2,1-2H3. The Morgan fingerprint density at radius 2 is 1.85 bits per heavy atom. The van der Waals surface area contributed by atoms with E-state index in [0.29, 0.717) is 38.5 Å². The quantitative estimate of drug-likeness (QED) is 0.491. The summed E-state index contributed by atoms with van der Waals surface area (Å²) in [7, 11) is 0. The minimum absolute atomic E-state index is 0.0807. The first-order valence-corrected chi connectivity index (χ1v) is 8.84. The highest BCUT2D eigenvalue weighted by molar-refractivity contribution is 9.10. The molecular formula is C18H13BrF2N6. The van der Waals surface area contributed by atoms with Crippen LogP contribution in [0.3, 0.4) is 0 Å². The molecule has 6 nitrogen and oxygen atoms in total. The van der Waals surface area contributed by atoms with Crippen molar-refractivity contribution in [3.8, 4) is 11.4 Å². The number of hydrogen-bond donors (Lipinski definition) is 0. The van der Waals surface area contributed by atoms with Crippen molar-refractivity contribution in [3.05, 3.63) is 64.0 Å². The first-order chi connectivity index (χ1) is 12.9. The van der Waals surface area contributed by atoms with E-state index in [1.807, 2.05) is 6.92 Å². The molecule has 0 spiro atoms. The molecule has 0 aromatic carbocycles. The molecule has 4 heterocycles. The van der Waals surface area contributed by atoms with Crippen LogP contribution in [0.1, 0.15) is 17.2 Å². The molecule has 4 aromatic rings. The minimum atomic E-state index is -0.488. The minimum Gasteiger partial charge on any atom is -0.302 e. The molecule has 9 heteroatoms. The lowest BCUT2D eigenvalue weighted by Gasteiger charge is -2.09. The molecular weight excluding hydrogens is 418 g/mol. The maximum Gasteiger partial charge on any atom is 0.164 e. The number of imidazole rings is 1. The molecule has 0 unspecified atom stereocenters. The first kappa shape index (κ1) is 17.6. The molecule has 136 valence electrons. The van der Waals surface area contributed by atoms with Gasteiger partial charge in [-0.25, -0.2) is 23.7 Å². The van der Waals surface area contributed by atoms with Gasteiger partial charge in [-0.05, 0) is 41.9 Å². The third kappa shape index (κ3) is 3.30. The lowest BCUT2D eigenvalue weighted by Crippen LogP contribution is -2.08. The fourth-order valence-electron chi connectivity index (χ4n) is 2.89. The number of aromatic nitrogens is 6. The summed E-state index contributed by atoms with van der Waals surface area (Å²) in [5.41, 5.74) is 2.46. The van der Waals surface area contributed by atoms with Crippen molar-refractivity contribution in [1.29, 1.82) is 0 Å².